The van der Waals surface area contributed by atoms with E-state index in [1.165, 1.54) is 0 Å². The highest BCUT2D eigenvalue weighted by Gasteiger charge is 2.16. The van der Waals surface area contributed by atoms with Crippen molar-refractivity contribution >= 4 is 40.1 Å². The van der Waals surface area contributed by atoms with Crippen LogP contribution in [-0.4, -0.2) is 73.6 Å². The van der Waals surface area contributed by atoms with Gasteiger partial charge < -0.3 is 15.4 Å². The molecule has 4 aromatic heterocycles. The first kappa shape index (κ1) is 19.0. The first-order chi connectivity index (χ1) is 14.8. The molecule has 0 amide bonds. The van der Waals surface area contributed by atoms with E-state index in [1.54, 1.807) is 28.5 Å². The van der Waals surface area contributed by atoms with Crippen molar-refractivity contribution in [3.05, 3.63) is 35.4 Å². The molecule has 1 saturated heterocycles. The molecule has 1 aliphatic heterocycles. The number of rotatable bonds is 7. The Labute approximate surface area is 177 Å². The van der Waals surface area contributed by atoms with Crippen molar-refractivity contribution in [2.45, 2.75) is 0 Å². The van der Waals surface area contributed by atoms with Crippen molar-refractivity contribution in [1.29, 1.82) is 0 Å². The molecule has 0 unspecified atom stereocenters. The van der Waals surface area contributed by atoms with Crippen molar-refractivity contribution in [3.63, 3.8) is 0 Å². The van der Waals surface area contributed by atoms with Crippen LogP contribution in [0, 0.1) is 0 Å². The zero-order valence-electron chi connectivity index (χ0n) is 16.7. The van der Waals surface area contributed by atoms with Crippen LogP contribution in [0.2, 0.25) is 0 Å². The van der Waals surface area contributed by atoms with Gasteiger partial charge in [0.2, 0.25) is 5.95 Å². The molecule has 11 heteroatoms. The number of hydrogen-bond donors (Lipinski definition) is 2. The molecule has 0 saturated carbocycles. The van der Waals surface area contributed by atoms with Crippen molar-refractivity contribution in [2.24, 2.45) is 7.05 Å². The van der Waals surface area contributed by atoms with Crippen molar-refractivity contribution in [3.8, 4) is 5.69 Å². The Bertz CT molecular complexity index is 1110. The minimum Gasteiger partial charge on any atom is -0.379 e. The van der Waals surface area contributed by atoms with Gasteiger partial charge in [0.25, 0.3) is 0 Å². The van der Waals surface area contributed by atoms with Crippen LogP contribution in [0.5, 0.6) is 0 Å². The van der Waals surface area contributed by atoms with Crippen molar-refractivity contribution < 1.29 is 4.74 Å². The number of anilines is 3. The second kappa shape index (κ2) is 8.38. The monoisotopic (exact) mass is 425 g/mol. The van der Waals surface area contributed by atoms with Gasteiger partial charge in [-0.3, -0.25) is 14.1 Å². The average molecular weight is 426 g/mol. The van der Waals surface area contributed by atoms with Crippen molar-refractivity contribution in [1.82, 2.24) is 34.2 Å². The fraction of sp³-hybridized carbons (Fsp3) is 0.368. The molecular weight excluding hydrogens is 402 g/mol. The Morgan fingerprint density at radius 1 is 1.20 bits per heavy atom. The second-order valence-corrected chi connectivity index (χ2v) is 7.79. The lowest BCUT2D eigenvalue weighted by molar-refractivity contribution is 0.0398. The van der Waals surface area contributed by atoms with Crippen LogP contribution < -0.4 is 10.6 Å². The summed E-state index contributed by atoms with van der Waals surface area (Å²) in [5.41, 5.74) is 2.53. The van der Waals surface area contributed by atoms with Gasteiger partial charge in [-0.25, -0.2) is 4.98 Å². The molecule has 5 rings (SSSR count). The van der Waals surface area contributed by atoms with E-state index in [0.717, 1.165) is 62.1 Å². The maximum atomic E-state index is 5.43. The Morgan fingerprint density at radius 3 is 2.87 bits per heavy atom. The van der Waals surface area contributed by atoms with Crippen LogP contribution in [0.4, 0.5) is 17.6 Å². The Morgan fingerprint density at radius 2 is 2.10 bits per heavy atom. The number of aryl methyl sites for hydroxylation is 1. The van der Waals surface area contributed by atoms with Gasteiger partial charge >= 0.3 is 0 Å². The van der Waals surface area contributed by atoms with E-state index in [4.69, 9.17) is 14.7 Å². The minimum atomic E-state index is 0.497. The third-order valence-corrected chi connectivity index (χ3v) is 5.74. The molecule has 0 bridgehead atoms. The van der Waals surface area contributed by atoms with E-state index in [-0.39, 0.29) is 0 Å². The molecule has 156 valence electrons. The fourth-order valence-corrected chi connectivity index (χ4v) is 4.06. The number of fused-ring (bicyclic) bond motifs is 1. The first-order valence-electron chi connectivity index (χ1n) is 9.84. The van der Waals surface area contributed by atoms with E-state index in [9.17, 15) is 0 Å². The molecule has 1 aliphatic rings. The van der Waals surface area contributed by atoms with E-state index in [1.807, 2.05) is 29.1 Å². The van der Waals surface area contributed by atoms with E-state index >= 15 is 0 Å². The van der Waals surface area contributed by atoms with Gasteiger partial charge in [-0.15, -0.1) is 0 Å². The number of imidazole rings is 1. The normalized spacial score (nSPS) is 15.0. The van der Waals surface area contributed by atoms with Crippen LogP contribution in [0.25, 0.3) is 16.9 Å². The summed E-state index contributed by atoms with van der Waals surface area (Å²) in [6, 6.07) is 3.93. The zero-order valence-corrected chi connectivity index (χ0v) is 17.5. The number of morpholine rings is 1. The highest BCUT2D eigenvalue weighted by atomic mass is 32.1. The van der Waals surface area contributed by atoms with E-state index < -0.39 is 0 Å². The number of ether oxygens (including phenoxy) is 1. The quantitative estimate of drug-likeness (QED) is 0.465. The molecule has 4 aromatic rings. The van der Waals surface area contributed by atoms with Gasteiger partial charge in [-0.05, 0) is 11.4 Å². The van der Waals surface area contributed by atoms with Crippen LogP contribution >= 0.6 is 11.3 Å². The van der Waals surface area contributed by atoms with E-state index in [0.29, 0.717) is 11.8 Å². The summed E-state index contributed by atoms with van der Waals surface area (Å²) in [6.07, 6.45) is 3.53. The lowest BCUT2D eigenvalue weighted by Gasteiger charge is -2.26. The summed E-state index contributed by atoms with van der Waals surface area (Å²) in [4.78, 5) is 16.4. The summed E-state index contributed by atoms with van der Waals surface area (Å²) < 4.78 is 9.15. The maximum Gasteiger partial charge on any atom is 0.232 e. The summed E-state index contributed by atoms with van der Waals surface area (Å²) in [6.45, 7) is 5.19. The lowest BCUT2D eigenvalue weighted by atomic mass is 10.4. The van der Waals surface area contributed by atoms with Crippen LogP contribution in [-0.2, 0) is 11.8 Å². The number of nitrogens with zero attached hydrogens (tertiary/aromatic N) is 7. The standard InChI is InChI=1S/C19H23N9OS/c1-26-15(2-4-22-26)23-19-24-17(20-5-6-27-7-9-29-10-8-27)16-18(25-19)28(13-21-16)14-3-11-30-12-14/h2-4,11-13H,5-10H2,1H3,(H2,20,23,24,25). The summed E-state index contributed by atoms with van der Waals surface area (Å²) in [5.74, 6) is 2.03. The summed E-state index contributed by atoms with van der Waals surface area (Å²) in [5, 5.41) is 15.0. The molecule has 0 atom stereocenters. The average Bonchev–Trinajstić information content (AvgIpc) is 3.50. The smallest absolute Gasteiger partial charge is 0.232 e. The molecule has 30 heavy (non-hydrogen) atoms. The van der Waals surface area contributed by atoms with Crippen molar-refractivity contribution in [2.75, 3.05) is 50.0 Å². The number of hydrogen-bond acceptors (Lipinski definition) is 9. The predicted octanol–water partition coefficient (Wildman–Crippen LogP) is 2.10. The topological polar surface area (TPSA) is 98.0 Å². The van der Waals surface area contributed by atoms with Gasteiger partial charge in [0.1, 0.15) is 12.1 Å². The predicted molar refractivity (Wildman–Crippen MR) is 117 cm³/mol. The van der Waals surface area contributed by atoms with Gasteiger partial charge in [0.15, 0.2) is 17.0 Å². The zero-order chi connectivity index (χ0) is 20.3. The molecule has 10 nitrogen and oxygen atoms in total. The highest BCUT2D eigenvalue weighted by molar-refractivity contribution is 7.08. The maximum absolute atomic E-state index is 5.43. The fourth-order valence-electron chi connectivity index (χ4n) is 3.43. The Balaban J connectivity index is 1.45. The molecule has 0 aromatic carbocycles. The molecule has 5 heterocycles. The number of aromatic nitrogens is 6. The minimum absolute atomic E-state index is 0.497. The third-order valence-electron chi connectivity index (χ3n) is 5.07. The molecule has 0 spiro atoms. The molecular formula is C19H23N9OS. The largest absolute Gasteiger partial charge is 0.379 e. The molecule has 0 aliphatic carbocycles. The van der Waals surface area contributed by atoms with Crippen LogP contribution in [0.3, 0.4) is 0 Å². The first-order valence-corrected chi connectivity index (χ1v) is 10.8. The van der Waals surface area contributed by atoms with Crippen LogP contribution in [0.1, 0.15) is 0 Å². The second-order valence-electron chi connectivity index (χ2n) is 7.01. The van der Waals surface area contributed by atoms with Gasteiger partial charge in [0.05, 0.1) is 25.1 Å². The van der Waals surface area contributed by atoms with Gasteiger partial charge in [-0.2, -0.15) is 26.4 Å². The third kappa shape index (κ3) is 3.86. The highest BCUT2D eigenvalue weighted by Crippen LogP contribution is 2.25. The SMILES string of the molecule is Cn1nccc1Nc1nc(NCCN2CCOCC2)c2ncn(-c3ccsc3)c2n1. The Kier molecular flexibility index (Phi) is 5.30. The molecule has 1 fully saturated rings. The summed E-state index contributed by atoms with van der Waals surface area (Å²) in [7, 11) is 1.87. The van der Waals surface area contributed by atoms with Crippen LogP contribution in [0.15, 0.2) is 35.4 Å². The van der Waals surface area contributed by atoms with Gasteiger partial charge in [-0.1, -0.05) is 0 Å². The number of thiophene rings is 1. The summed E-state index contributed by atoms with van der Waals surface area (Å²) >= 11 is 1.64. The van der Waals surface area contributed by atoms with Gasteiger partial charge in [0, 0.05) is 44.7 Å². The van der Waals surface area contributed by atoms with E-state index in [2.05, 4.69) is 31.0 Å². The molecule has 0 radical (unpaired) electrons. The molecule has 2 N–H and O–H groups in total. The number of nitrogens with one attached hydrogen (secondary N) is 2. The lowest BCUT2D eigenvalue weighted by Crippen LogP contribution is -2.39. The Hall–Kier alpha value is -3.02.